The van der Waals surface area contributed by atoms with Gasteiger partial charge in [-0.3, -0.25) is 4.79 Å². The molecule has 3 atom stereocenters. The number of carbonyl (C=O) groups is 1. The maximum atomic E-state index is 12.7. The van der Waals surface area contributed by atoms with Crippen molar-refractivity contribution in [3.8, 4) is 0 Å². The molecular formula is C14H20FNO3. The summed E-state index contributed by atoms with van der Waals surface area (Å²) in [4.78, 5) is 11.1. The van der Waals surface area contributed by atoms with Gasteiger partial charge in [-0.1, -0.05) is 32.4 Å². The molecule has 0 fully saturated rings. The molecule has 0 aliphatic carbocycles. The fourth-order valence-electron chi connectivity index (χ4n) is 1.81. The molecule has 1 aromatic carbocycles. The summed E-state index contributed by atoms with van der Waals surface area (Å²) in [7, 11) is 0. The van der Waals surface area contributed by atoms with Gasteiger partial charge in [0.1, 0.15) is 11.9 Å². The molecule has 4 nitrogen and oxygen atoms in total. The Hall–Kier alpha value is -1.46. The molecule has 3 N–H and O–H groups in total. The maximum Gasteiger partial charge on any atom is 0.320 e. The van der Waals surface area contributed by atoms with E-state index in [4.69, 9.17) is 5.11 Å². The lowest BCUT2D eigenvalue weighted by Gasteiger charge is -2.22. The smallest absolute Gasteiger partial charge is 0.320 e. The average Bonchev–Trinajstić information content (AvgIpc) is 2.38. The van der Waals surface area contributed by atoms with E-state index in [1.54, 1.807) is 0 Å². The molecule has 0 saturated carbocycles. The Morgan fingerprint density at radius 1 is 1.37 bits per heavy atom. The van der Waals surface area contributed by atoms with Crippen LogP contribution in [0.4, 0.5) is 4.39 Å². The van der Waals surface area contributed by atoms with E-state index in [0.717, 1.165) is 6.42 Å². The highest BCUT2D eigenvalue weighted by Crippen LogP contribution is 2.14. The molecule has 5 heteroatoms. The fourth-order valence-corrected chi connectivity index (χ4v) is 1.81. The molecule has 0 bridgehead atoms. The van der Waals surface area contributed by atoms with Crippen molar-refractivity contribution in [2.45, 2.75) is 32.4 Å². The molecule has 1 aromatic rings. The summed E-state index contributed by atoms with van der Waals surface area (Å²) in [5, 5.41) is 21.9. The molecule has 1 rings (SSSR count). The Bertz CT molecular complexity index is 408. The van der Waals surface area contributed by atoms with Gasteiger partial charge in [0.2, 0.25) is 0 Å². The van der Waals surface area contributed by atoms with E-state index in [9.17, 15) is 14.3 Å². The number of halogens is 1. The van der Waals surface area contributed by atoms with Crippen molar-refractivity contribution in [2.75, 3.05) is 6.54 Å². The molecule has 0 aliphatic rings. The van der Waals surface area contributed by atoms with Crippen molar-refractivity contribution < 1.29 is 19.4 Å². The second-order valence-electron chi connectivity index (χ2n) is 4.68. The van der Waals surface area contributed by atoms with Crippen LogP contribution in [0.15, 0.2) is 24.3 Å². The summed E-state index contributed by atoms with van der Waals surface area (Å²) in [6.07, 6.45) is -0.122. The molecule has 0 amide bonds. The SMILES string of the molecule is CCC(C)C(NCC(O)c1ccc(F)cc1)C(=O)O. The third-order valence-corrected chi connectivity index (χ3v) is 3.26. The van der Waals surface area contributed by atoms with E-state index in [1.165, 1.54) is 24.3 Å². The van der Waals surface area contributed by atoms with E-state index in [1.807, 2.05) is 13.8 Å². The number of benzene rings is 1. The van der Waals surface area contributed by atoms with Crippen LogP contribution in [0.3, 0.4) is 0 Å². The van der Waals surface area contributed by atoms with Gasteiger partial charge in [0.25, 0.3) is 0 Å². The minimum absolute atomic E-state index is 0.0297. The number of aliphatic carboxylic acids is 1. The van der Waals surface area contributed by atoms with Gasteiger partial charge in [-0.2, -0.15) is 0 Å². The lowest BCUT2D eigenvalue weighted by molar-refractivity contribution is -0.141. The second kappa shape index (κ2) is 7.21. The van der Waals surface area contributed by atoms with E-state index >= 15 is 0 Å². The first-order chi connectivity index (χ1) is 8.95. The number of hydrogen-bond acceptors (Lipinski definition) is 3. The molecule has 19 heavy (non-hydrogen) atoms. The molecule has 0 aliphatic heterocycles. The Morgan fingerprint density at radius 2 is 1.95 bits per heavy atom. The molecule has 0 aromatic heterocycles. The summed E-state index contributed by atoms with van der Waals surface area (Å²) in [6.45, 7) is 3.88. The third-order valence-electron chi connectivity index (χ3n) is 3.26. The van der Waals surface area contributed by atoms with Crippen LogP contribution in [0, 0.1) is 11.7 Å². The minimum Gasteiger partial charge on any atom is -0.480 e. The molecular weight excluding hydrogens is 249 g/mol. The second-order valence-corrected chi connectivity index (χ2v) is 4.68. The van der Waals surface area contributed by atoms with Gasteiger partial charge in [-0.25, -0.2) is 4.39 Å². The van der Waals surface area contributed by atoms with E-state index in [2.05, 4.69) is 5.32 Å². The van der Waals surface area contributed by atoms with Crippen LogP contribution in [-0.4, -0.2) is 28.8 Å². The number of rotatable bonds is 7. The summed E-state index contributed by atoms with van der Waals surface area (Å²) >= 11 is 0. The highest BCUT2D eigenvalue weighted by atomic mass is 19.1. The number of nitrogens with one attached hydrogen (secondary N) is 1. The van der Waals surface area contributed by atoms with Gasteiger partial charge in [0, 0.05) is 6.54 Å². The third kappa shape index (κ3) is 4.61. The first kappa shape index (κ1) is 15.6. The Labute approximate surface area is 112 Å². The number of carboxylic acids is 1. The first-order valence-corrected chi connectivity index (χ1v) is 6.35. The fraction of sp³-hybridized carbons (Fsp3) is 0.500. The number of carboxylic acid groups (broad SMARTS) is 1. The van der Waals surface area contributed by atoms with Gasteiger partial charge in [0.05, 0.1) is 6.10 Å². The molecule has 3 unspecified atom stereocenters. The van der Waals surface area contributed by atoms with Crippen molar-refractivity contribution in [1.82, 2.24) is 5.32 Å². The van der Waals surface area contributed by atoms with E-state index < -0.39 is 18.1 Å². The lowest BCUT2D eigenvalue weighted by atomic mass is 9.99. The molecule has 0 spiro atoms. The van der Waals surface area contributed by atoms with Crippen molar-refractivity contribution in [2.24, 2.45) is 5.92 Å². The molecule has 0 heterocycles. The van der Waals surface area contributed by atoms with E-state index in [-0.39, 0.29) is 18.3 Å². The highest BCUT2D eigenvalue weighted by Gasteiger charge is 2.23. The maximum absolute atomic E-state index is 12.7. The summed E-state index contributed by atoms with van der Waals surface area (Å²) in [5.74, 6) is -1.33. The average molecular weight is 269 g/mol. The first-order valence-electron chi connectivity index (χ1n) is 6.35. The summed E-state index contributed by atoms with van der Waals surface area (Å²) in [6, 6.07) is 4.81. The number of aliphatic hydroxyl groups excluding tert-OH is 1. The lowest BCUT2D eigenvalue weighted by Crippen LogP contribution is -2.43. The van der Waals surface area contributed by atoms with Crippen LogP contribution in [0.5, 0.6) is 0 Å². The zero-order chi connectivity index (χ0) is 14.4. The monoisotopic (exact) mass is 269 g/mol. The van der Waals surface area contributed by atoms with Gasteiger partial charge in [-0.15, -0.1) is 0 Å². The van der Waals surface area contributed by atoms with Crippen molar-refractivity contribution in [3.05, 3.63) is 35.6 Å². The van der Waals surface area contributed by atoms with Gasteiger partial charge >= 0.3 is 5.97 Å². The van der Waals surface area contributed by atoms with Crippen LogP contribution >= 0.6 is 0 Å². The molecule has 0 saturated heterocycles. The highest BCUT2D eigenvalue weighted by molar-refractivity contribution is 5.73. The van der Waals surface area contributed by atoms with Gasteiger partial charge < -0.3 is 15.5 Å². The zero-order valence-electron chi connectivity index (χ0n) is 11.1. The summed E-state index contributed by atoms with van der Waals surface area (Å²) < 4.78 is 12.7. The number of hydrogen-bond donors (Lipinski definition) is 3. The van der Waals surface area contributed by atoms with Crippen LogP contribution < -0.4 is 5.32 Å². The van der Waals surface area contributed by atoms with Crippen LogP contribution in [0.25, 0.3) is 0 Å². The van der Waals surface area contributed by atoms with Gasteiger partial charge in [-0.05, 0) is 23.6 Å². The van der Waals surface area contributed by atoms with Crippen molar-refractivity contribution in [1.29, 1.82) is 0 Å². The van der Waals surface area contributed by atoms with Crippen LogP contribution in [0.1, 0.15) is 31.9 Å². The predicted molar refractivity (Wildman–Crippen MR) is 70.2 cm³/mol. The van der Waals surface area contributed by atoms with Crippen molar-refractivity contribution >= 4 is 5.97 Å². The van der Waals surface area contributed by atoms with Crippen LogP contribution in [-0.2, 0) is 4.79 Å². The quantitative estimate of drug-likeness (QED) is 0.707. The van der Waals surface area contributed by atoms with Crippen LogP contribution in [0.2, 0.25) is 0 Å². The number of aliphatic hydroxyl groups is 1. The molecule has 106 valence electrons. The normalized spacial score (nSPS) is 15.8. The predicted octanol–water partition coefficient (Wildman–Crippen LogP) is 1.95. The topological polar surface area (TPSA) is 69.6 Å². The minimum atomic E-state index is -0.930. The Balaban J connectivity index is 2.59. The van der Waals surface area contributed by atoms with Crippen molar-refractivity contribution in [3.63, 3.8) is 0 Å². The van der Waals surface area contributed by atoms with Gasteiger partial charge in [0.15, 0.2) is 0 Å². The summed E-state index contributed by atoms with van der Waals surface area (Å²) in [5.41, 5.74) is 0.558. The zero-order valence-corrected chi connectivity index (χ0v) is 11.1. The largest absolute Gasteiger partial charge is 0.480 e. The van der Waals surface area contributed by atoms with E-state index in [0.29, 0.717) is 5.56 Å². The Morgan fingerprint density at radius 3 is 2.42 bits per heavy atom. The Kier molecular flexibility index (Phi) is 5.92. The standard InChI is InChI=1S/C14H20FNO3/c1-3-9(2)13(14(18)19)16-8-12(17)10-4-6-11(15)7-5-10/h4-7,9,12-13,16-17H,3,8H2,1-2H3,(H,18,19). The molecule has 0 radical (unpaired) electrons.